The van der Waals surface area contributed by atoms with E-state index in [4.69, 9.17) is 9.47 Å². The van der Waals surface area contributed by atoms with Gasteiger partial charge in [0.15, 0.2) is 0 Å². The lowest BCUT2D eigenvalue weighted by Crippen LogP contribution is -2.34. The molecule has 42 heavy (non-hydrogen) atoms. The van der Waals surface area contributed by atoms with Crippen LogP contribution in [0.4, 0.5) is 22.7 Å². The first-order valence-electron chi connectivity index (χ1n) is 13.4. The number of benzene rings is 2. The standard InChI is InChI=1S/C28H28N6O7S/c35-27(21-5-1-2-6-23(21)33-11-13-41-28-25(33)14-19-9-10-29-26(19)31-28)32-42(38,39)20-7-8-22(24(15-20)34(36)37)30-16-18-4-3-12-40-17-18/h1-2,5-10,14-15,18,30H,3-4,11-13,16-17H2,(H,29,31)(H,32,35). The molecule has 1 atom stereocenters. The van der Waals surface area contributed by atoms with Crippen molar-refractivity contribution in [1.29, 1.82) is 0 Å². The van der Waals surface area contributed by atoms with E-state index in [1.165, 1.54) is 18.2 Å². The minimum Gasteiger partial charge on any atom is -0.474 e. The lowest BCUT2D eigenvalue weighted by molar-refractivity contribution is -0.384. The van der Waals surface area contributed by atoms with E-state index in [9.17, 15) is 23.3 Å². The zero-order valence-electron chi connectivity index (χ0n) is 22.4. The van der Waals surface area contributed by atoms with E-state index in [0.29, 0.717) is 55.8 Å². The zero-order chi connectivity index (χ0) is 29.3. The summed E-state index contributed by atoms with van der Waals surface area (Å²) in [5.74, 6) is -0.295. The molecule has 4 heterocycles. The van der Waals surface area contributed by atoms with Gasteiger partial charge in [0.2, 0.25) is 5.88 Å². The summed E-state index contributed by atoms with van der Waals surface area (Å²) < 4.78 is 39.8. The number of anilines is 3. The molecule has 3 N–H and O–H groups in total. The van der Waals surface area contributed by atoms with Crippen LogP contribution in [0, 0.1) is 16.0 Å². The highest BCUT2D eigenvalue weighted by Crippen LogP contribution is 2.38. The van der Waals surface area contributed by atoms with Crippen molar-refractivity contribution in [2.75, 3.05) is 43.1 Å². The van der Waals surface area contributed by atoms with E-state index in [2.05, 4.69) is 20.0 Å². The fraction of sp³-hybridized carbons (Fsp3) is 0.286. The molecule has 13 nitrogen and oxygen atoms in total. The number of nitro benzene ring substituents is 1. The van der Waals surface area contributed by atoms with Gasteiger partial charge in [-0.3, -0.25) is 14.9 Å². The smallest absolute Gasteiger partial charge is 0.293 e. The van der Waals surface area contributed by atoms with Gasteiger partial charge in [0.05, 0.1) is 34.2 Å². The number of para-hydroxylation sites is 1. The van der Waals surface area contributed by atoms with E-state index >= 15 is 0 Å². The molecule has 218 valence electrons. The van der Waals surface area contributed by atoms with E-state index in [-0.39, 0.29) is 17.2 Å². The van der Waals surface area contributed by atoms with Crippen LogP contribution in [-0.2, 0) is 14.8 Å². The van der Waals surface area contributed by atoms with Crippen LogP contribution in [0.15, 0.2) is 65.7 Å². The van der Waals surface area contributed by atoms with Gasteiger partial charge in [-0.25, -0.2) is 13.1 Å². The number of nitro groups is 1. The Bertz CT molecular complexity index is 1770. The minimum atomic E-state index is -4.46. The van der Waals surface area contributed by atoms with Crippen molar-refractivity contribution >= 4 is 49.7 Å². The molecule has 0 aliphatic carbocycles. The number of carbonyl (C=O) groups is 1. The predicted octanol–water partition coefficient (Wildman–Crippen LogP) is 3.96. The fourth-order valence-corrected chi connectivity index (χ4v) is 6.18. The molecule has 1 amide bonds. The third kappa shape index (κ3) is 5.45. The van der Waals surface area contributed by atoms with Crippen molar-refractivity contribution in [3.05, 3.63) is 76.5 Å². The number of hydrogen-bond donors (Lipinski definition) is 3. The van der Waals surface area contributed by atoms with Gasteiger partial charge in [0.25, 0.3) is 21.6 Å². The third-order valence-corrected chi connectivity index (χ3v) is 8.63. The first-order chi connectivity index (χ1) is 20.3. The minimum absolute atomic E-state index is 0.102. The van der Waals surface area contributed by atoms with Crippen molar-refractivity contribution in [2.45, 2.75) is 17.7 Å². The molecule has 2 aromatic heterocycles. The lowest BCUT2D eigenvalue weighted by atomic mass is 10.0. The predicted molar refractivity (Wildman–Crippen MR) is 155 cm³/mol. The summed E-state index contributed by atoms with van der Waals surface area (Å²) in [6.07, 6.45) is 3.61. The Hall–Kier alpha value is -4.69. The Labute approximate surface area is 241 Å². The first-order valence-corrected chi connectivity index (χ1v) is 14.9. The van der Waals surface area contributed by atoms with E-state index in [1.807, 2.05) is 17.0 Å². The Morgan fingerprint density at radius 3 is 2.81 bits per heavy atom. The van der Waals surface area contributed by atoms with Gasteiger partial charge in [0.1, 0.15) is 23.6 Å². The van der Waals surface area contributed by atoms with Crippen molar-refractivity contribution < 1.29 is 27.6 Å². The average Bonchev–Trinajstić information content (AvgIpc) is 3.46. The monoisotopic (exact) mass is 592 g/mol. The highest BCUT2D eigenvalue weighted by atomic mass is 32.2. The fourth-order valence-electron chi connectivity index (χ4n) is 5.20. The van der Waals surface area contributed by atoms with Gasteiger partial charge in [-0.15, -0.1) is 0 Å². The molecular weight excluding hydrogens is 564 g/mol. The number of fused-ring (bicyclic) bond motifs is 2. The summed E-state index contributed by atoms with van der Waals surface area (Å²) in [4.78, 5) is 33.6. The zero-order valence-corrected chi connectivity index (χ0v) is 23.2. The van der Waals surface area contributed by atoms with Crippen LogP contribution in [0.2, 0.25) is 0 Å². The Morgan fingerprint density at radius 2 is 2.00 bits per heavy atom. The number of sulfonamides is 1. The van der Waals surface area contributed by atoms with Crippen molar-refractivity contribution in [2.24, 2.45) is 5.92 Å². The molecule has 1 unspecified atom stereocenters. The number of hydrogen-bond acceptors (Lipinski definition) is 10. The average molecular weight is 593 g/mol. The van der Waals surface area contributed by atoms with Crippen LogP contribution in [-0.4, -0.2) is 62.1 Å². The van der Waals surface area contributed by atoms with Crippen LogP contribution < -0.4 is 19.7 Å². The Morgan fingerprint density at radius 1 is 1.14 bits per heavy atom. The molecule has 2 aromatic carbocycles. The number of aromatic amines is 1. The summed E-state index contributed by atoms with van der Waals surface area (Å²) in [6.45, 7) is 2.42. The third-order valence-electron chi connectivity index (χ3n) is 7.30. The summed E-state index contributed by atoms with van der Waals surface area (Å²) in [6, 6.07) is 13.9. The number of rotatable bonds is 8. The summed E-state index contributed by atoms with van der Waals surface area (Å²) in [5, 5.41) is 15.7. The second kappa shape index (κ2) is 11.3. The van der Waals surface area contributed by atoms with Gasteiger partial charge in [-0.1, -0.05) is 12.1 Å². The van der Waals surface area contributed by atoms with E-state index in [0.717, 1.165) is 24.3 Å². The quantitative estimate of drug-likeness (QED) is 0.201. The number of nitrogens with zero attached hydrogens (tertiary/aromatic N) is 3. The Balaban J connectivity index is 1.25. The van der Waals surface area contributed by atoms with E-state index < -0.39 is 31.4 Å². The van der Waals surface area contributed by atoms with Gasteiger partial charge < -0.3 is 24.7 Å². The van der Waals surface area contributed by atoms with E-state index in [1.54, 1.807) is 24.4 Å². The second-order valence-electron chi connectivity index (χ2n) is 10.1. The molecule has 1 fully saturated rings. The number of H-pyrrole nitrogens is 1. The van der Waals surface area contributed by atoms with Gasteiger partial charge >= 0.3 is 0 Å². The molecule has 1 saturated heterocycles. The first kappa shape index (κ1) is 27.5. The molecule has 6 rings (SSSR count). The van der Waals surface area contributed by atoms with Gasteiger partial charge in [-0.05, 0) is 55.2 Å². The highest BCUT2D eigenvalue weighted by Gasteiger charge is 2.29. The number of aromatic nitrogens is 2. The van der Waals surface area contributed by atoms with Crippen LogP contribution in [0.1, 0.15) is 23.2 Å². The lowest BCUT2D eigenvalue weighted by Gasteiger charge is -2.31. The highest BCUT2D eigenvalue weighted by molar-refractivity contribution is 7.90. The molecule has 0 radical (unpaired) electrons. The van der Waals surface area contributed by atoms with Crippen LogP contribution in [0.3, 0.4) is 0 Å². The largest absolute Gasteiger partial charge is 0.474 e. The molecule has 2 aliphatic heterocycles. The summed E-state index contributed by atoms with van der Waals surface area (Å²) in [5.41, 5.74) is 1.64. The van der Waals surface area contributed by atoms with Gasteiger partial charge in [-0.2, -0.15) is 4.98 Å². The number of pyridine rings is 1. The van der Waals surface area contributed by atoms with Crippen molar-refractivity contribution in [1.82, 2.24) is 14.7 Å². The summed E-state index contributed by atoms with van der Waals surface area (Å²) in [7, 11) is -4.46. The number of carbonyl (C=O) groups excluding carboxylic acids is 1. The Kier molecular flexibility index (Phi) is 7.39. The molecular formula is C28H28N6O7S. The molecule has 0 saturated carbocycles. The number of amides is 1. The SMILES string of the molecule is O=C(NS(=O)(=O)c1ccc(NCC2CCCOC2)c([N+](=O)[O-])c1)c1ccccc1N1CCOc2nc3[nH]ccc3cc21. The molecule has 4 aromatic rings. The number of ether oxygens (including phenoxy) is 2. The maximum Gasteiger partial charge on any atom is 0.293 e. The maximum absolute atomic E-state index is 13.4. The van der Waals surface area contributed by atoms with Crippen LogP contribution in [0.25, 0.3) is 11.0 Å². The molecule has 14 heteroatoms. The molecule has 2 aliphatic rings. The van der Waals surface area contributed by atoms with Crippen molar-refractivity contribution in [3.8, 4) is 5.88 Å². The topological polar surface area (TPSA) is 169 Å². The molecule has 0 bridgehead atoms. The van der Waals surface area contributed by atoms with Gasteiger partial charge in [0, 0.05) is 30.8 Å². The number of nitrogens with one attached hydrogen (secondary N) is 3. The van der Waals surface area contributed by atoms with Crippen molar-refractivity contribution in [3.63, 3.8) is 0 Å². The molecule has 0 spiro atoms. The van der Waals surface area contributed by atoms with Crippen LogP contribution in [0.5, 0.6) is 5.88 Å². The second-order valence-corrected chi connectivity index (χ2v) is 11.8. The van der Waals surface area contributed by atoms with Crippen LogP contribution >= 0.6 is 0 Å². The maximum atomic E-state index is 13.4. The summed E-state index contributed by atoms with van der Waals surface area (Å²) >= 11 is 0. The normalized spacial score (nSPS) is 16.9.